The van der Waals surface area contributed by atoms with Gasteiger partial charge in [-0.3, -0.25) is 9.78 Å². The third kappa shape index (κ3) is 4.11. The molecule has 3 aromatic rings. The minimum absolute atomic E-state index is 0.202. The lowest BCUT2D eigenvalue weighted by Gasteiger charge is -2.21. The van der Waals surface area contributed by atoms with Gasteiger partial charge in [0.05, 0.1) is 43.4 Å². The number of hydrogen-bond donors (Lipinski definition) is 2. The number of rotatable bonds is 5. The Labute approximate surface area is 163 Å². The van der Waals surface area contributed by atoms with Crippen molar-refractivity contribution in [1.29, 1.82) is 0 Å². The van der Waals surface area contributed by atoms with Crippen LogP contribution >= 0.6 is 0 Å². The normalized spacial score (nSPS) is 16.7. The molecule has 0 bridgehead atoms. The van der Waals surface area contributed by atoms with Crippen LogP contribution in [0.5, 0.6) is 0 Å². The number of nitrogens with one attached hydrogen (secondary N) is 2. The highest BCUT2D eigenvalue weighted by Crippen LogP contribution is 2.29. The Balaban J connectivity index is 1.58. The number of pyridine rings is 1. The zero-order valence-corrected chi connectivity index (χ0v) is 15.6. The van der Waals surface area contributed by atoms with Crippen LogP contribution in [0, 0.1) is 6.92 Å². The number of nitrogens with zero attached hydrogens (tertiary/aromatic N) is 2. The molecule has 0 aliphatic carbocycles. The first-order valence-electron chi connectivity index (χ1n) is 9.25. The quantitative estimate of drug-likeness (QED) is 0.712. The van der Waals surface area contributed by atoms with Gasteiger partial charge < -0.3 is 19.8 Å². The van der Waals surface area contributed by atoms with Crippen molar-refractivity contribution in [3.63, 3.8) is 0 Å². The van der Waals surface area contributed by atoms with Crippen LogP contribution in [-0.4, -0.2) is 46.8 Å². The zero-order chi connectivity index (χ0) is 19.3. The van der Waals surface area contributed by atoms with Gasteiger partial charge in [-0.1, -0.05) is 35.9 Å². The van der Waals surface area contributed by atoms with Crippen LogP contribution in [0.4, 0.5) is 0 Å². The van der Waals surface area contributed by atoms with E-state index >= 15 is 0 Å². The van der Waals surface area contributed by atoms with Crippen molar-refractivity contribution in [2.75, 3.05) is 19.8 Å². The summed E-state index contributed by atoms with van der Waals surface area (Å²) in [7, 11) is 0. The molecule has 1 fully saturated rings. The number of H-pyrrole nitrogens is 1. The number of ether oxygens (including phenoxy) is 2. The predicted octanol–water partition coefficient (Wildman–Crippen LogP) is 2.48. The first-order chi connectivity index (χ1) is 13.7. The molecule has 144 valence electrons. The van der Waals surface area contributed by atoms with E-state index in [2.05, 4.69) is 15.3 Å². The van der Waals surface area contributed by atoms with Crippen molar-refractivity contribution in [3.8, 4) is 22.6 Å². The fourth-order valence-electron chi connectivity index (χ4n) is 3.05. The Hall–Kier alpha value is -3.03. The topological polar surface area (TPSA) is 89.1 Å². The summed E-state index contributed by atoms with van der Waals surface area (Å²) in [6.07, 6.45) is 1.17. The van der Waals surface area contributed by atoms with E-state index in [1.165, 1.54) is 5.56 Å². The Morgan fingerprint density at radius 3 is 2.79 bits per heavy atom. The van der Waals surface area contributed by atoms with Gasteiger partial charge in [-0.2, -0.15) is 0 Å². The maximum atomic E-state index is 12.3. The molecule has 28 heavy (non-hydrogen) atoms. The van der Waals surface area contributed by atoms with Gasteiger partial charge in [-0.25, -0.2) is 4.98 Å². The number of amides is 1. The summed E-state index contributed by atoms with van der Waals surface area (Å²) < 4.78 is 10.7. The fourth-order valence-corrected chi connectivity index (χ4v) is 3.05. The summed E-state index contributed by atoms with van der Waals surface area (Å²) in [4.78, 5) is 24.7. The largest absolute Gasteiger partial charge is 0.376 e. The van der Waals surface area contributed by atoms with Crippen LogP contribution in [0.1, 0.15) is 11.4 Å². The van der Waals surface area contributed by atoms with Gasteiger partial charge in [0.1, 0.15) is 5.82 Å². The number of aromatic nitrogens is 3. The molecule has 0 radical (unpaired) electrons. The number of imidazole rings is 1. The molecule has 4 rings (SSSR count). The van der Waals surface area contributed by atoms with E-state index in [0.29, 0.717) is 19.0 Å². The van der Waals surface area contributed by atoms with E-state index in [-0.39, 0.29) is 19.1 Å². The van der Waals surface area contributed by atoms with Crippen molar-refractivity contribution < 1.29 is 14.3 Å². The lowest BCUT2D eigenvalue weighted by molar-refractivity contribution is -0.147. The molecule has 1 aliphatic heterocycles. The Kier molecular flexibility index (Phi) is 5.45. The highest BCUT2D eigenvalue weighted by atomic mass is 16.6. The molecule has 2 aromatic heterocycles. The molecular formula is C21H22N4O3. The van der Waals surface area contributed by atoms with Gasteiger partial charge in [0.15, 0.2) is 6.10 Å². The van der Waals surface area contributed by atoms with Crippen LogP contribution in [-0.2, 0) is 20.8 Å². The van der Waals surface area contributed by atoms with Gasteiger partial charge in [-0.05, 0) is 19.1 Å². The highest BCUT2D eigenvalue weighted by Gasteiger charge is 2.23. The molecule has 1 aromatic carbocycles. The summed E-state index contributed by atoms with van der Waals surface area (Å²) in [5.74, 6) is 0.452. The number of carbonyl (C=O) groups is 1. The van der Waals surface area contributed by atoms with Gasteiger partial charge in [0.2, 0.25) is 0 Å². The molecule has 1 atom stereocenters. The third-order valence-electron chi connectivity index (χ3n) is 4.54. The van der Waals surface area contributed by atoms with E-state index in [1.807, 2.05) is 49.4 Å². The Morgan fingerprint density at radius 1 is 1.21 bits per heavy atom. The number of aromatic amines is 1. The lowest BCUT2D eigenvalue weighted by Crippen LogP contribution is -2.42. The second-order valence-electron chi connectivity index (χ2n) is 6.64. The Bertz CT molecular complexity index is 932. The van der Waals surface area contributed by atoms with Crippen molar-refractivity contribution in [1.82, 2.24) is 20.3 Å². The molecule has 0 spiro atoms. The zero-order valence-electron chi connectivity index (χ0n) is 15.6. The van der Waals surface area contributed by atoms with E-state index in [0.717, 1.165) is 22.6 Å². The van der Waals surface area contributed by atoms with Crippen LogP contribution in [0.2, 0.25) is 0 Å². The van der Waals surface area contributed by atoms with E-state index in [4.69, 9.17) is 14.5 Å². The third-order valence-corrected chi connectivity index (χ3v) is 4.54. The molecule has 1 amide bonds. The first-order valence-corrected chi connectivity index (χ1v) is 9.25. The second-order valence-corrected chi connectivity index (χ2v) is 6.64. The van der Waals surface area contributed by atoms with Crippen LogP contribution < -0.4 is 5.32 Å². The molecule has 3 heterocycles. The van der Waals surface area contributed by atoms with Crippen molar-refractivity contribution in [2.45, 2.75) is 19.6 Å². The summed E-state index contributed by atoms with van der Waals surface area (Å²) in [6.45, 7) is 3.55. The molecule has 1 saturated heterocycles. The average Bonchev–Trinajstić information content (AvgIpc) is 3.18. The summed E-state index contributed by atoms with van der Waals surface area (Å²) in [6, 6.07) is 13.9. The molecule has 7 nitrogen and oxygen atoms in total. The minimum atomic E-state index is -0.574. The van der Waals surface area contributed by atoms with Crippen LogP contribution in [0.15, 0.2) is 48.7 Å². The van der Waals surface area contributed by atoms with Gasteiger partial charge in [-0.15, -0.1) is 0 Å². The molecular weight excluding hydrogens is 356 g/mol. The van der Waals surface area contributed by atoms with Crippen molar-refractivity contribution >= 4 is 5.91 Å². The lowest BCUT2D eigenvalue weighted by atomic mass is 10.1. The summed E-state index contributed by atoms with van der Waals surface area (Å²) >= 11 is 0. The van der Waals surface area contributed by atoms with Crippen molar-refractivity contribution in [2.24, 2.45) is 0 Å². The molecule has 0 unspecified atom stereocenters. The standard InChI is InChI=1S/C21H22N4O3/c1-14-5-7-15(8-6-14)19-20(16-4-2-3-9-22-16)25-18(24-19)12-23-21(26)17-13-27-10-11-28-17/h2-9,17H,10-13H2,1H3,(H,23,26)(H,24,25)/t17-/m1/s1. The minimum Gasteiger partial charge on any atom is -0.376 e. The number of carbonyl (C=O) groups excluding carboxylic acids is 1. The van der Waals surface area contributed by atoms with Gasteiger partial charge in [0, 0.05) is 11.8 Å². The number of benzene rings is 1. The first kappa shape index (κ1) is 18.3. The smallest absolute Gasteiger partial charge is 0.251 e. The van der Waals surface area contributed by atoms with Gasteiger partial charge in [0.25, 0.3) is 5.91 Å². The van der Waals surface area contributed by atoms with Crippen LogP contribution in [0.3, 0.4) is 0 Å². The van der Waals surface area contributed by atoms with E-state index < -0.39 is 6.10 Å². The summed E-state index contributed by atoms with van der Waals surface area (Å²) in [5.41, 5.74) is 4.60. The predicted molar refractivity (Wildman–Crippen MR) is 104 cm³/mol. The number of aryl methyl sites for hydroxylation is 1. The highest BCUT2D eigenvalue weighted by molar-refractivity contribution is 5.81. The maximum Gasteiger partial charge on any atom is 0.251 e. The number of hydrogen-bond acceptors (Lipinski definition) is 5. The average molecular weight is 378 g/mol. The SMILES string of the molecule is Cc1ccc(-c2nc(CNC(=O)[C@H]3COCCO3)[nH]c2-c2ccccn2)cc1. The monoisotopic (exact) mass is 378 g/mol. The molecule has 0 saturated carbocycles. The van der Waals surface area contributed by atoms with E-state index in [9.17, 15) is 4.79 Å². The van der Waals surface area contributed by atoms with Gasteiger partial charge >= 0.3 is 0 Å². The second kappa shape index (κ2) is 8.33. The fraction of sp³-hybridized carbons (Fsp3) is 0.286. The molecule has 7 heteroatoms. The van der Waals surface area contributed by atoms with E-state index in [1.54, 1.807) is 6.20 Å². The maximum absolute atomic E-state index is 12.3. The summed E-state index contributed by atoms with van der Waals surface area (Å²) in [5, 5.41) is 2.86. The molecule has 2 N–H and O–H groups in total. The Morgan fingerprint density at radius 2 is 2.07 bits per heavy atom. The molecule has 1 aliphatic rings. The van der Waals surface area contributed by atoms with Crippen molar-refractivity contribution in [3.05, 3.63) is 60.0 Å². The van der Waals surface area contributed by atoms with Crippen LogP contribution in [0.25, 0.3) is 22.6 Å².